The van der Waals surface area contributed by atoms with Crippen molar-refractivity contribution in [3.63, 3.8) is 0 Å². The van der Waals surface area contributed by atoms with Crippen molar-refractivity contribution in [3.05, 3.63) is 0 Å². The summed E-state index contributed by atoms with van der Waals surface area (Å²) >= 11 is 11.5. The smallest absolute Gasteiger partial charge is 0.107 e. The van der Waals surface area contributed by atoms with E-state index in [1.54, 1.807) is 0 Å². The summed E-state index contributed by atoms with van der Waals surface area (Å²) in [4.78, 5) is -0.196. The molecule has 0 rings (SSSR count). The molecule has 0 aliphatic carbocycles. The molecule has 0 aromatic heterocycles. The fraction of sp³-hybridized carbons (Fsp3) is 1.00. The van der Waals surface area contributed by atoms with Crippen LogP contribution in [0, 0.1) is 0 Å². The van der Waals surface area contributed by atoms with Gasteiger partial charge < -0.3 is 16.4 Å². The Morgan fingerprint density at radius 3 is 2.14 bits per heavy atom. The average Bonchev–Trinajstić information content (AvgIpc) is 2.16. The molecule has 0 aromatic rings. The molecule has 0 spiro atoms. The zero-order valence-electron chi connectivity index (χ0n) is 8.73. The molecule has 4 N–H and O–H groups in total. The molecule has 0 aliphatic rings. The van der Waals surface area contributed by atoms with Crippen LogP contribution in [0.2, 0.25) is 5.54 Å². The molecule has 0 bridgehead atoms. The minimum Gasteiger partial charge on any atom is -0.329 e. The monoisotopic (exact) mass is 257 g/mol. The second kappa shape index (κ2) is 10.2. The van der Waals surface area contributed by atoms with Gasteiger partial charge in [-0.15, -0.1) is 23.2 Å². The number of rotatable bonds is 9. The Balaban J connectivity index is 3.06. The minimum absolute atomic E-state index is 0.196. The largest absolute Gasteiger partial charge is 0.329 e. The first-order valence-electron chi connectivity index (χ1n) is 5.08. The number of hydrogen-bond acceptors (Lipinski definition) is 3. The van der Waals surface area contributed by atoms with E-state index in [1.807, 2.05) is 0 Å². The van der Waals surface area contributed by atoms with Gasteiger partial charge in [0.15, 0.2) is 0 Å². The molecule has 1 atom stereocenters. The predicted molar refractivity (Wildman–Crippen MR) is 68.6 cm³/mol. The van der Waals surface area contributed by atoms with Crippen LogP contribution in [-0.2, 0) is 0 Å². The van der Waals surface area contributed by atoms with Crippen LogP contribution in [0.15, 0.2) is 0 Å². The predicted octanol–water partition coefficient (Wildman–Crippen LogP) is -0.528. The Morgan fingerprint density at radius 1 is 1.07 bits per heavy atom. The quantitative estimate of drug-likeness (QED) is 0.296. The lowest BCUT2D eigenvalue weighted by molar-refractivity contribution is 0.593. The van der Waals surface area contributed by atoms with Crippen LogP contribution in [-0.4, -0.2) is 47.8 Å². The van der Waals surface area contributed by atoms with Gasteiger partial charge in [-0.1, -0.05) is 0 Å². The van der Waals surface area contributed by atoms with Crippen LogP contribution >= 0.6 is 23.2 Å². The van der Waals surface area contributed by atoms with Gasteiger partial charge in [0, 0.05) is 36.4 Å². The summed E-state index contributed by atoms with van der Waals surface area (Å²) in [6.45, 7) is 4.52. The van der Waals surface area contributed by atoms with Crippen LogP contribution in [0.1, 0.15) is 6.42 Å². The van der Waals surface area contributed by atoms with E-state index in [1.165, 1.54) is 0 Å². The van der Waals surface area contributed by atoms with Crippen LogP contribution < -0.4 is 16.4 Å². The van der Waals surface area contributed by atoms with Gasteiger partial charge in [0.05, 0.1) is 0 Å². The van der Waals surface area contributed by atoms with E-state index >= 15 is 0 Å². The van der Waals surface area contributed by atoms with Crippen LogP contribution in [0.3, 0.4) is 0 Å². The van der Waals surface area contributed by atoms with E-state index in [2.05, 4.69) is 10.6 Å². The topological polar surface area (TPSA) is 50.1 Å². The van der Waals surface area contributed by atoms with Crippen molar-refractivity contribution in [2.75, 3.05) is 32.7 Å². The molecule has 86 valence electrons. The summed E-state index contributed by atoms with van der Waals surface area (Å²) in [6, 6.07) is 0. The molecule has 1 unspecified atom stereocenters. The fourth-order valence-electron chi connectivity index (χ4n) is 0.985. The lowest BCUT2D eigenvalue weighted by Gasteiger charge is -2.12. The third-order valence-electron chi connectivity index (χ3n) is 2.01. The third kappa shape index (κ3) is 9.24. The maximum Gasteiger partial charge on any atom is 0.107 e. The highest BCUT2D eigenvalue weighted by Gasteiger charge is 2.09. The van der Waals surface area contributed by atoms with Crippen molar-refractivity contribution in [1.29, 1.82) is 0 Å². The Morgan fingerprint density at radius 2 is 1.64 bits per heavy atom. The van der Waals surface area contributed by atoms with E-state index in [0.717, 1.165) is 42.8 Å². The average molecular weight is 258 g/mol. The Hall–Kier alpha value is 0.677. The highest BCUT2D eigenvalue weighted by molar-refractivity contribution is 6.47. The summed E-state index contributed by atoms with van der Waals surface area (Å²) in [7, 11) is 1.06. The highest BCUT2D eigenvalue weighted by Crippen LogP contribution is 2.20. The van der Waals surface area contributed by atoms with Crippen molar-refractivity contribution in [2.45, 2.75) is 16.8 Å². The number of alkyl halides is 2. The van der Waals surface area contributed by atoms with Gasteiger partial charge in [0.1, 0.15) is 4.84 Å². The van der Waals surface area contributed by atoms with Crippen molar-refractivity contribution in [1.82, 2.24) is 10.6 Å². The summed E-state index contributed by atoms with van der Waals surface area (Å²) in [5, 5.41) is 6.55. The molecule has 6 heteroatoms. The van der Waals surface area contributed by atoms with Crippen LogP contribution in [0.25, 0.3) is 0 Å². The number of halogens is 2. The minimum atomic E-state index is -0.196. The number of hydrogen-bond donors (Lipinski definition) is 3. The van der Waals surface area contributed by atoms with Gasteiger partial charge in [0.25, 0.3) is 0 Å². The Kier molecular flexibility index (Phi) is 10.7. The van der Waals surface area contributed by atoms with Crippen molar-refractivity contribution in [3.8, 4) is 0 Å². The molecular weight excluding hydrogens is 237 g/mol. The molecule has 0 saturated carbocycles. The van der Waals surface area contributed by atoms with Crippen molar-refractivity contribution < 1.29 is 0 Å². The normalized spacial score (nSPS) is 13.7. The molecule has 0 radical (unpaired) electrons. The molecule has 0 aliphatic heterocycles. The zero-order chi connectivity index (χ0) is 10.8. The maximum atomic E-state index is 5.76. The summed E-state index contributed by atoms with van der Waals surface area (Å²) in [6.07, 6.45) is 1.07. The summed E-state index contributed by atoms with van der Waals surface area (Å²) in [5.74, 6) is 0. The second-order valence-corrected chi connectivity index (χ2v) is 6.04. The molecule has 0 amide bonds. The molecule has 3 nitrogen and oxygen atoms in total. The van der Waals surface area contributed by atoms with Crippen LogP contribution in [0.5, 0.6) is 0 Å². The lowest BCUT2D eigenvalue weighted by atomic mass is 10.3. The van der Waals surface area contributed by atoms with Gasteiger partial charge in [0.2, 0.25) is 0 Å². The molecule has 0 saturated heterocycles. The Labute approximate surface area is 99.5 Å². The van der Waals surface area contributed by atoms with E-state index in [-0.39, 0.29) is 4.84 Å². The van der Waals surface area contributed by atoms with Crippen molar-refractivity contribution >= 4 is 33.4 Å². The second-order valence-electron chi connectivity index (χ2n) is 3.39. The maximum absolute atomic E-state index is 5.76. The third-order valence-corrected chi connectivity index (χ3v) is 4.96. The van der Waals surface area contributed by atoms with Gasteiger partial charge in [-0.25, -0.2) is 0 Å². The van der Waals surface area contributed by atoms with E-state index in [4.69, 9.17) is 28.9 Å². The van der Waals surface area contributed by atoms with E-state index in [9.17, 15) is 0 Å². The first kappa shape index (κ1) is 14.7. The zero-order valence-corrected chi connectivity index (χ0v) is 12.2. The molecule has 0 aromatic carbocycles. The van der Waals surface area contributed by atoms with E-state index < -0.39 is 0 Å². The number of nitrogens with two attached hydrogens (primary N) is 1. The number of nitrogens with one attached hydrogen (secondary N) is 2. The molecular formula is C8H21Cl2N3Si. The van der Waals surface area contributed by atoms with E-state index in [0.29, 0.717) is 12.1 Å². The van der Waals surface area contributed by atoms with Crippen molar-refractivity contribution in [2.24, 2.45) is 5.73 Å². The fourth-order valence-corrected chi connectivity index (χ4v) is 1.53. The summed E-state index contributed by atoms with van der Waals surface area (Å²) in [5.41, 5.74) is 5.82. The molecule has 0 fully saturated rings. The van der Waals surface area contributed by atoms with Gasteiger partial charge in [-0.3, -0.25) is 0 Å². The standard InChI is InChI=1S/C8H21Cl2N3Si/c9-8(10)7(14)1-3-12-5-6-13-4-2-11/h7-8,12-13H,1-6,11H2,14H3. The summed E-state index contributed by atoms with van der Waals surface area (Å²) < 4.78 is 0. The molecule has 0 heterocycles. The Bertz CT molecular complexity index is 127. The van der Waals surface area contributed by atoms with Gasteiger partial charge in [-0.2, -0.15) is 0 Å². The van der Waals surface area contributed by atoms with Gasteiger partial charge >= 0.3 is 0 Å². The SMILES string of the molecule is NCCNCCNCCC([SiH3])C(Cl)Cl. The highest BCUT2D eigenvalue weighted by atomic mass is 35.5. The van der Waals surface area contributed by atoms with Crippen LogP contribution in [0.4, 0.5) is 0 Å². The van der Waals surface area contributed by atoms with Gasteiger partial charge in [-0.05, 0) is 18.5 Å². The lowest BCUT2D eigenvalue weighted by Crippen LogP contribution is -2.31. The first-order valence-corrected chi connectivity index (χ1v) is 7.11. The molecule has 14 heavy (non-hydrogen) atoms. The first-order chi connectivity index (χ1) is 6.68.